The van der Waals surface area contributed by atoms with Gasteiger partial charge in [0.1, 0.15) is 22.4 Å². The van der Waals surface area contributed by atoms with E-state index in [1.807, 2.05) is 35.5 Å². The van der Waals surface area contributed by atoms with E-state index < -0.39 is 0 Å². The fraction of sp³-hybridized carbons (Fsp3) is 0.333. The molecule has 0 radical (unpaired) electrons. The van der Waals surface area contributed by atoms with E-state index in [1.54, 1.807) is 0 Å². The quantitative estimate of drug-likeness (QED) is 0.330. The number of hydrogen-bond acceptors (Lipinski definition) is 6. The Hall–Kier alpha value is -4.14. The van der Waals surface area contributed by atoms with E-state index in [1.165, 1.54) is 5.56 Å². The Balaban J connectivity index is 1.18. The van der Waals surface area contributed by atoms with Crippen molar-refractivity contribution in [2.24, 2.45) is 0 Å². The van der Waals surface area contributed by atoms with Crippen LogP contribution in [0.4, 0.5) is 0 Å². The first-order valence-electron chi connectivity index (χ1n) is 12.4. The number of nitrogens with one attached hydrogen (secondary N) is 2. The monoisotopic (exact) mass is 479 g/mol. The van der Waals surface area contributed by atoms with Crippen molar-refractivity contribution in [3.63, 3.8) is 0 Å². The molecular formula is C27H29N9. The number of fused-ring (bicyclic) bond motifs is 3. The molecule has 2 N–H and O–H groups in total. The lowest BCUT2D eigenvalue weighted by Gasteiger charge is -2.09. The van der Waals surface area contributed by atoms with E-state index in [2.05, 4.69) is 76.1 Å². The van der Waals surface area contributed by atoms with Crippen LogP contribution in [0.2, 0.25) is 0 Å². The zero-order chi connectivity index (χ0) is 24.8. The number of hydrogen-bond donors (Lipinski definition) is 2. The van der Waals surface area contributed by atoms with Gasteiger partial charge in [0, 0.05) is 25.0 Å². The third-order valence-corrected chi connectivity index (χ3v) is 6.92. The summed E-state index contributed by atoms with van der Waals surface area (Å²) in [5.41, 5.74) is 8.86. The summed E-state index contributed by atoms with van der Waals surface area (Å²) in [6.45, 7) is 8.71. The summed E-state index contributed by atoms with van der Waals surface area (Å²) in [5.74, 6) is 1.85. The van der Waals surface area contributed by atoms with Crippen LogP contribution in [0, 0.1) is 0 Å². The molecule has 2 unspecified atom stereocenters. The Morgan fingerprint density at radius 3 is 2.42 bits per heavy atom. The fourth-order valence-corrected chi connectivity index (χ4v) is 4.63. The summed E-state index contributed by atoms with van der Waals surface area (Å²) in [7, 11) is 0. The van der Waals surface area contributed by atoms with Crippen molar-refractivity contribution in [2.75, 3.05) is 0 Å². The van der Waals surface area contributed by atoms with Gasteiger partial charge in [-0.1, -0.05) is 27.7 Å². The number of H-pyrrole nitrogens is 2. The molecular weight excluding hydrogens is 450 g/mol. The first kappa shape index (κ1) is 22.3. The minimum Gasteiger partial charge on any atom is -0.327 e. The van der Waals surface area contributed by atoms with Crippen molar-refractivity contribution in [1.29, 1.82) is 0 Å². The second-order valence-corrected chi connectivity index (χ2v) is 10.1. The van der Waals surface area contributed by atoms with Gasteiger partial charge in [-0.15, -0.1) is 0 Å². The molecule has 0 aliphatic rings. The molecule has 0 amide bonds. The van der Waals surface area contributed by atoms with Gasteiger partial charge in [-0.2, -0.15) is 10.2 Å². The van der Waals surface area contributed by atoms with Crippen molar-refractivity contribution in [3.05, 3.63) is 77.4 Å². The third-order valence-electron chi connectivity index (χ3n) is 6.92. The van der Waals surface area contributed by atoms with Crippen molar-refractivity contribution in [1.82, 2.24) is 44.7 Å². The van der Waals surface area contributed by atoms with Gasteiger partial charge < -0.3 is 4.98 Å². The molecule has 6 heterocycles. The second-order valence-electron chi connectivity index (χ2n) is 10.1. The van der Waals surface area contributed by atoms with E-state index >= 15 is 0 Å². The number of nitrogens with zero attached hydrogens (tertiary/aromatic N) is 7. The molecule has 0 aliphatic heterocycles. The minimum atomic E-state index is 0.248. The number of pyridine rings is 2. The second kappa shape index (κ2) is 8.82. The van der Waals surface area contributed by atoms with Gasteiger partial charge in [-0.05, 0) is 59.1 Å². The topological polar surface area (TPSA) is 113 Å². The molecule has 9 heteroatoms. The number of rotatable bonds is 7. The lowest BCUT2D eigenvalue weighted by Crippen LogP contribution is -2.01. The average Bonchev–Trinajstić information content (AvgIpc) is 3.59. The maximum Gasteiger partial charge on any atom is 0.157 e. The van der Waals surface area contributed by atoms with Gasteiger partial charge in [-0.3, -0.25) is 10.1 Å². The van der Waals surface area contributed by atoms with Crippen molar-refractivity contribution >= 4 is 27.8 Å². The van der Waals surface area contributed by atoms with Crippen LogP contribution < -0.4 is 0 Å². The highest BCUT2D eigenvalue weighted by Gasteiger charge is 2.16. The summed E-state index contributed by atoms with van der Waals surface area (Å²) in [5, 5.41) is 11.6. The molecule has 0 fully saturated rings. The molecule has 0 saturated heterocycles. The van der Waals surface area contributed by atoms with Gasteiger partial charge in [-0.25, -0.2) is 19.5 Å². The first-order valence-corrected chi connectivity index (χ1v) is 12.4. The van der Waals surface area contributed by atoms with E-state index in [4.69, 9.17) is 9.97 Å². The molecule has 2 atom stereocenters. The van der Waals surface area contributed by atoms with Gasteiger partial charge >= 0.3 is 0 Å². The van der Waals surface area contributed by atoms with Crippen LogP contribution in [0.25, 0.3) is 27.8 Å². The highest BCUT2D eigenvalue weighted by molar-refractivity contribution is 5.74. The van der Waals surface area contributed by atoms with Crippen LogP contribution in [0.1, 0.15) is 73.7 Å². The summed E-state index contributed by atoms with van der Waals surface area (Å²) >= 11 is 0. The standard InChI is InChI=1S/C27H29N9/c1-15(2)18-9-26-32-21(14-36(26)31-12-18)5-16(3)20-8-23-27(29-11-20)34-25(33-23)6-17(4)19-7-22-24(28-10-19)13-30-35-22/h7-17H,5-6H2,1-4H3,(H,30,35)(H,29,33,34). The molecule has 0 bridgehead atoms. The molecule has 0 aromatic carbocycles. The lowest BCUT2D eigenvalue weighted by atomic mass is 9.98. The number of aromatic nitrogens is 9. The smallest absolute Gasteiger partial charge is 0.157 e. The Morgan fingerprint density at radius 2 is 1.58 bits per heavy atom. The fourth-order valence-electron chi connectivity index (χ4n) is 4.63. The van der Waals surface area contributed by atoms with Crippen LogP contribution in [0.3, 0.4) is 0 Å². The zero-order valence-corrected chi connectivity index (χ0v) is 20.9. The van der Waals surface area contributed by atoms with Crippen LogP contribution in [0.5, 0.6) is 0 Å². The zero-order valence-electron chi connectivity index (χ0n) is 20.9. The molecule has 182 valence electrons. The van der Waals surface area contributed by atoms with Crippen molar-refractivity contribution < 1.29 is 0 Å². The lowest BCUT2D eigenvalue weighted by molar-refractivity contribution is 0.726. The predicted octanol–water partition coefficient (Wildman–Crippen LogP) is 5.09. The molecule has 0 saturated carbocycles. The Labute approximate surface area is 208 Å². The molecule has 0 aliphatic carbocycles. The summed E-state index contributed by atoms with van der Waals surface area (Å²) in [6, 6.07) is 6.34. The maximum atomic E-state index is 4.85. The average molecular weight is 480 g/mol. The van der Waals surface area contributed by atoms with Crippen molar-refractivity contribution in [2.45, 2.75) is 58.3 Å². The van der Waals surface area contributed by atoms with E-state index in [9.17, 15) is 0 Å². The SMILES string of the molecule is CC(C)c1cnn2cc(CC(C)c3cnc4[nH]c(CC(C)c5cnc6c[nH]nc6c5)nc4c3)nc2c1. The van der Waals surface area contributed by atoms with Gasteiger partial charge in [0.2, 0.25) is 0 Å². The first-order chi connectivity index (χ1) is 17.4. The summed E-state index contributed by atoms with van der Waals surface area (Å²) in [6.07, 6.45) is 11.2. The third kappa shape index (κ3) is 4.21. The van der Waals surface area contributed by atoms with E-state index in [0.717, 1.165) is 63.3 Å². The van der Waals surface area contributed by atoms with Crippen molar-refractivity contribution in [3.8, 4) is 0 Å². The summed E-state index contributed by atoms with van der Waals surface area (Å²) in [4.78, 5) is 22.2. The van der Waals surface area contributed by atoms with Gasteiger partial charge in [0.15, 0.2) is 11.3 Å². The molecule has 0 spiro atoms. The molecule has 9 nitrogen and oxygen atoms in total. The number of aromatic amines is 2. The van der Waals surface area contributed by atoms with E-state index in [-0.39, 0.29) is 11.8 Å². The maximum absolute atomic E-state index is 4.85. The molecule has 6 aromatic heterocycles. The van der Waals surface area contributed by atoms with Crippen LogP contribution in [-0.2, 0) is 12.8 Å². The van der Waals surface area contributed by atoms with Gasteiger partial charge in [0.05, 0.1) is 18.1 Å². The highest BCUT2D eigenvalue weighted by atomic mass is 15.2. The molecule has 6 rings (SSSR count). The Bertz CT molecular complexity index is 1670. The van der Waals surface area contributed by atoms with E-state index in [0.29, 0.717) is 5.92 Å². The minimum absolute atomic E-state index is 0.248. The van der Waals surface area contributed by atoms with Gasteiger partial charge in [0.25, 0.3) is 0 Å². The predicted molar refractivity (Wildman–Crippen MR) is 139 cm³/mol. The Kier molecular flexibility index (Phi) is 5.47. The van der Waals surface area contributed by atoms with Crippen LogP contribution in [-0.4, -0.2) is 44.7 Å². The van der Waals surface area contributed by atoms with Crippen LogP contribution in [0.15, 0.2) is 49.2 Å². The highest BCUT2D eigenvalue weighted by Crippen LogP contribution is 2.25. The molecule has 6 aromatic rings. The summed E-state index contributed by atoms with van der Waals surface area (Å²) < 4.78 is 1.86. The largest absolute Gasteiger partial charge is 0.327 e. The molecule has 36 heavy (non-hydrogen) atoms. The Morgan fingerprint density at radius 1 is 0.806 bits per heavy atom. The number of imidazole rings is 2. The van der Waals surface area contributed by atoms with Crippen LogP contribution >= 0.6 is 0 Å². The normalized spacial score (nSPS) is 13.8.